The maximum atomic E-state index is 10.4. The van der Waals surface area contributed by atoms with Gasteiger partial charge >= 0.3 is 0 Å². The average Bonchev–Trinajstić information content (AvgIpc) is 2.47. The predicted octanol–water partition coefficient (Wildman–Crippen LogP) is 0.574. The predicted molar refractivity (Wildman–Crippen MR) is 35.2 cm³/mol. The summed E-state index contributed by atoms with van der Waals surface area (Å²) in [7, 11) is 0. The van der Waals surface area contributed by atoms with Gasteiger partial charge in [0.2, 0.25) is 5.91 Å². The van der Waals surface area contributed by atoms with Crippen LogP contribution in [-0.2, 0) is 4.79 Å². The van der Waals surface area contributed by atoms with E-state index < -0.39 is 0 Å². The van der Waals surface area contributed by atoms with Gasteiger partial charge in [-0.1, -0.05) is 5.11 Å². The Kier molecular flexibility index (Phi) is 1.78. The van der Waals surface area contributed by atoms with Gasteiger partial charge in [-0.15, -0.1) is 0 Å². The first kappa shape index (κ1) is 6.89. The summed E-state index contributed by atoms with van der Waals surface area (Å²) in [6.45, 7) is 1.45. The number of azide groups is 1. The third-order valence-electron chi connectivity index (χ3n) is 1.35. The Bertz CT molecular complexity index is 196. The Morgan fingerprint density at radius 2 is 2.60 bits per heavy atom. The highest BCUT2D eigenvalue weighted by molar-refractivity contribution is 5.73. The topological polar surface area (TPSA) is 77.9 Å². The first-order chi connectivity index (χ1) is 4.74. The molecule has 0 aliphatic heterocycles. The fourth-order valence-corrected chi connectivity index (χ4v) is 0.792. The molecule has 5 nitrogen and oxygen atoms in total. The minimum Gasteiger partial charge on any atom is -0.353 e. The second-order valence-electron chi connectivity index (χ2n) is 2.31. The lowest BCUT2D eigenvalue weighted by molar-refractivity contribution is -0.119. The standard InChI is InChI=1S/C5H8N4O/c1-3(10)7-4-2-5(4)8-9-6/h4-5H,2H2,1H3,(H,7,10)/t4-,5-/m1/s1. The highest BCUT2D eigenvalue weighted by atomic mass is 16.1. The van der Waals surface area contributed by atoms with Crippen LogP contribution >= 0.6 is 0 Å². The van der Waals surface area contributed by atoms with Crippen molar-refractivity contribution in [3.8, 4) is 0 Å². The van der Waals surface area contributed by atoms with E-state index in [4.69, 9.17) is 5.53 Å². The van der Waals surface area contributed by atoms with Crippen molar-refractivity contribution in [3.05, 3.63) is 10.4 Å². The fourth-order valence-electron chi connectivity index (χ4n) is 0.792. The zero-order chi connectivity index (χ0) is 7.56. The number of hydrogen-bond donors (Lipinski definition) is 1. The van der Waals surface area contributed by atoms with Crippen LogP contribution in [0.25, 0.3) is 10.4 Å². The SMILES string of the molecule is CC(=O)N[C@@H]1C[C@H]1N=[N+]=[N-]. The summed E-state index contributed by atoms with van der Waals surface area (Å²) in [4.78, 5) is 13.0. The third kappa shape index (κ3) is 1.63. The van der Waals surface area contributed by atoms with Crippen LogP contribution in [0.2, 0.25) is 0 Å². The Balaban J connectivity index is 2.25. The zero-order valence-corrected chi connectivity index (χ0v) is 5.61. The molecule has 1 aliphatic carbocycles. The molecule has 0 aromatic heterocycles. The Morgan fingerprint density at radius 1 is 1.90 bits per heavy atom. The van der Waals surface area contributed by atoms with E-state index in [1.807, 2.05) is 0 Å². The highest BCUT2D eigenvalue weighted by Gasteiger charge is 2.36. The minimum atomic E-state index is -0.0689. The molecule has 1 aliphatic rings. The van der Waals surface area contributed by atoms with Crippen LogP contribution in [0, 0.1) is 0 Å². The maximum Gasteiger partial charge on any atom is 0.217 e. The van der Waals surface area contributed by atoms with Gasteiger partial charge in [-0.2, -0.15) is 0 Å². The summed E-state index contributed by atoms with van der Waals surface area (Å²) >= 11 is 0. The first-order valence-electron chi connectivity index (χ1n) is 3.05. The summed E-state index contributed by atoms with van der Waals surface area (Å²) in [5.74, 6) is -0.0689. The van der Waals surface area contributed by atoms with Gasteiger partial charge in [0.05, 0.1) is 6.04 Å². The number of carbonyl (C=O) groups excluding carboxylic acids is 1. The molecule has 0 unspecified atom stereocenters. The molecule has 10 heavy (non-hydrogen) atoms. The van der Waals surface area contributed by atoms with Crippen LogP contribution in [0.4, 0.5) is 0 Å². The Morgan fingerprint density at radius 3 is 3.10 bits per heavy atom. The van der Waals surface area contributed by atoms with Gasteiger partial charge in [0, 0.05) is 17.9 Å². The monoisotopic (exact) mass is 140 g/mol. The van der Waals surface area contributed by atoms with Crippen molar-refractivity contribution in [3.63, 3.8) is 0 Å². The molecule has 54 valence electrons. The summed E-state index contributed by atoms with van der Waals surface area (Å²) in [6.07, 6.45) is 0.781. The van der Waals surface area contributed by atoms with Crippen molar-refractivity contribution in [2.45, 2.75) is 25.4 Å². The normalized spacial score (nSPS) is 28.5. The molecule has 0 radical (unpaired) electrons. The van der Waals surface area contributed by atoms with Crippen molar-refractivity contribution in [2.24, 2.45) is 5.11 Å². The number of carbonyl (C=O) groups is 1. The summed E-state index contributed by atoms with van der Waals surface area (Å²) in [6, 6.07) is 0.0855. The smallest absolute Gasteiger partial charge is 0.217 e. The van der Waals surface area contributed by atoms with Gasteiger partial charge in [0.1, 0.15) is 0 Å². The molecule has 0 bridgehead atoms. The van der Waals surface area contributed by atoms with Gasteiger partial charge in [-0.05, 0) is 12.0 Å². The fraction of sp³-hybridized carbons (Fsp3) is 0.800. The van der Waals surface area contributed by atoms with Crippen LogP contribution in [-0.4, -0.2) is 18.0 Å². The van der Waals surface area contributed by atoms with Crippen molar-refractivity contribution < 1.29 is 4.79 Å². The highest BCUT2D eigenvalue weighted by Crippen LogP contribution is 2.24. The molecule has 0 aromatic carbocycles. The molecule has 0 saturated heterocycles. The van der Waals surface area contributed by atoms with E-state index in [2.05, 4.69) is 15.3 Å². The number of nitrogens with zero attached hydrogens (tertiary/aromatic N) is 3. The van der Waals surface area contributed by atoms with Gasteiger partial charge < -0.3 is 5.32 Å². The Labute approximate surface area is 58.0 Å². The van der Waals surface area contributed by atoms with E-state index in [0.717, 1.165) is 6.42 Å². The summed E-state index contributed by atoms with van der Waals surface area (Å²) in [5, 5.41) is 6.08. The first-order valence-corrected chi connectivity index (χ1v) is 3.05. The van der Waals surface area contributed by atoms with Gasteiger partial charge in [0.15, 0.2) is 0 Å². The Hall–Kier alpha value is -1.22. The van der Waals surface area contributed by atoms with Crippen molar-refractivity contribution in [1.29, 1.82) is 0 Å². The lowest BCUT2D eigenvalue weighted by Crippen LogP contribution is -2.24. The number of amides is 1. The molecule has 5 heteroatoms. The van der Waals surface area contributed by atoms with Crippen LogP contribution in [0.3, 0.4) is 0 Å². The van der Waals surface area contributed by atoms with E-state index in [1.54, 1.807) is 0 Å². The largest absolute Gasteiger partial charge is 0.353 e. The number of rotatable bonds is 2. The lowest BCUT2D eigenvalue weighted by Gasteiger charge is -1.94. The molecule has 1 saturated carbocycles. The van der Waals surface area contributed by atoms with Crippen LogP contribution < -0.4 is 5.32 Å². The zero-order valence-electron chi connectivity index (χ0n) is 5.61. The maximum absolute atomic E-state index is 10.4. The van der Waals surface area contributed by atoms with Crippen LogP contribution in [0.5, 0.6) is 0 Å². The quantitative estimate of drug-likeness (QED) is 0.339. The molecule has 0 heterocycles. The minimum absolute atomic E-state index is 0.00565. The van der Waals surface area contributed by atoms with E-state index >= 15 is 0 Å². The van der Waals surface area contributed by atoms with Crippen molar-refractivity contribution in [1.82, 2.24) is 5.32 Å². The molecule has 0 aromatic rings. The van der Waals surface area contributed by atoms with E-state index in [-0.39, 0.29) is 18.0 Å². The lowest BCUT2D eigenvalue weighted by atomic mass is 10.6. The summed E-state index contributed by atoms with van der Waals surface area (Å²) < 4.78 is 0. The molecule has 1 fully saturated rings. The molecule has 2 atom stereocenters. The summed E-state index contributed by atoms with van der Waals surface area (Å²) in [5.41, 5.74) is 7.97. The van der Waals surface area contributed by atoms with Crippen LogP contribution in [0.1, 0.15) is 13.3 Å². The van der Waals surface area contributed by atoms with Gasteiger partial charge in [-0.3, -0.25) is 4.79 Å². The molecular weight excluding hydrogens is 132 g/mol. The van der Waals surface area contributed by atoms with E-state index in [1.165, 1.54) is 6.92 Å². The number of nitrogens with one attached hydrogen (secondary N) is 1. The number of hydrogen-bond acceptors (Lipinski definition) is 2. The third-order valence-corrected chi connectivity index (χ3v) is 1.35. The van der Waals surface area contributed by atoms with Crippen molar-refractivity contribution >= 4 is 5.91 Å². The molecule has 1 rings (SSSR count). The van der Waals surface area contributed by atoms with Crippen LogP contribution in [0.15, 0.2) is 5.11 Å². The molecule has 0 spiro atoms. The van der Waals surface area contributed by atoms with E-state index in [0.29, 0.717) is 0 Å². The molecule has 1 amide bonds. The molecular formula is C5H8N4O. The second kappa shape index (κ2) is 2.58. The van der Waals surface area contributed by atoms with E-state index in [9.17, 15) is 4.79 Å². The average molecular weight is 140 g/mol. The van der Waals surface area contributed by atoms with Gasteiger partial charge in [-0.25, -0.2) is 0 Å². The van der Waals surface area contributed by atoms with Crippen molar-refractivity contribution in [2.75, 3.05) is 0 Å². The second-order valence-corrected chi connectivity index (χ2v) is 2.31. The molecule has 1 N–H and O–H groups in total. The van der Waals surface area contributed by atoms with Gasteiger partial charge in [0.25, 0.3) is 0 Å².